The third-order valence-corrected chi connectivity index (χ3v) is 6.20. The zero-order chi connectivity index (χ0) is 21.5. The first-order valence-corrected chi connectivity index (χ1v) is 10.8. The van der Waals surface area contributed by atoms with Gasteiger partial charge in [-0.3, -0.25) is 0 Å². The lowest BCUT2D eigenvalue weighted by molar-refractivity contribution is -0.537. The van der Waals surface area contributed by atoms with E-state index in [4.69, 9.17) is 4.74 Å². The molecule has 1 heterocycles. The summed E-state index contributed by atoms with van der Waals surface area (Å²) in [5, 5.41) is 4.79. The number of pyridine rings is 1. The molecule has 152 valence electrons. The van der Waals surface area contributed by atoms with Crippen LogP contribution >= 0.6 is 0 Å². The van der Waals surface area contributed by atoms with E-state index in [2.05, 4.69) is 120 Å². The number of ether oxygens (including phenoxy) is 1. The Balaban J connectivity index is 1.89. The molecular formula is C30H22NO+. The van der Waals surface area contributed by atoms with E-state index in [0.29, 0.717) is 0 Å². The van der Waals surface area contributed by atoms with Gasteiger partial charge in [0.15, 0.2) is 0 Å². The van der Waals surface area contributed by atoms with Gasteiger partial charge in [-0.2, -0.15) is 4.57 Å². The van der Waals surface area contributed by atoms with E-state index in [1.54, 1.807) is 7.11 Å². The molecule has 1 aromatic heterocycles. The number of methoxy groups -OCH3 is 1. The van der Waals surface area contributed by atoms with E-state index in [1.807, 2.05) is 0 Å². The lowest BCUT2D eigenvalue weighted by Gasteiger charge is -2.16. The molecule has 0 radical (unpaired) electrons. The van der Waals surface area contributed by atoms with E-state index in [9.17, 15) is 0 Å². The molecule has 5 aromatic carbocycles. The fraction of sp³-hybridized carbons (Fsp3) is 0.0333. The lowest BCUT2D eigenvalue weighted by atomic mass is 9.91. The summed E-state index contributed by atoms with van der Waals surface area (Å²) < 4.78 is 8.26. The van der Waals surface area contributed by atoms with Gasteiger partial charge in [0.2, 0.25) is 16.7 Å². The topological polar surface area (TPSA) is 13.1 Å². The van der Waals surface area contributed by atoms with Gasteiger partial charge in [-0.1, -0.05) is 78.9 Å². The van der Waals surface area contributed by atoms with E-state index in [-0.39, 0.29) is 0 Å². The van der Waals surface area contributed by atoms with Crippen LogP contribution in [0.2, 0.25) is 0 Å². The number of para-hydroxylation sites is 2. The zero-order valence-corrected chi connectivity index (χ0v) is 17.8. The second-order valence-electron chi connectivity index (χ2n) is 7.94. The standard InChI is InChI=1S/C30H22NO/c1-32-28-20-10-19-27-30(28)29(24-17-9-12-21-11-5-6-15-23(21)24)25-16-7-8-18-26(25)31(27)22-13-3-2-4-14-22/h2-20H,1H3/q+1. The monoisotopic (exact) mass is 412 g/mol. The molecule has 0 saturated heterocycles. The van der Waals surface area contributed by atoms with E-state index < -0.39 is 0 Å². The number of rotatable bonds is 3. The van der Waals surface area contributed by atoms with Crippen LogP contribution in [0.4, 0.5) is 0 Å². The molecule has 0 aliphatic carbocycles. The maximum Gasteiger partial charge on any atom is 0.223 e. The molecule has 0 bridgehead atoms. The molecule has 0 spiro atoms. The summed E-state index contributed by atoms with van der Waals surface area (Å²) in [5.74, 6) is 0.876. The largest absolute Gasteiger partial charge is 0.496 e. The molecule has 0 saturated carbocycles. The Morgan fingerprint density at radius 1 is 0.562 bits per heavy atom. The minimum absolute atomic E-state index is 0.876. The summed E-state index contributed by atoms with van der Waals surface area (Å²) in [7, 11) is 1.75. The fourth-order valence-electron chi connectivity index (χ4n) is 4.85. The van der Waals surface area contributed by atoms with Crippen LogP contribution in [0.15, 0.2) is 115 Å². The van der Waals surface area contributed by atoms with Crippen molar-refractivity contribution in [1.82, 2.24) is 0 Å². The van der Waals surface area contributed by atoms with Crippen LogP contribution in [0, 0.1) is 0 Å². The third-order valence-electron chi connectivity index (χ3n) is 6.20. The lowest BCUT2D eigenvalue weighted by Crippen LogP contribution is -2.33. The number of fused-ring (bicyclic) bond motifs is 3. The Labute approximate surface area is 186 Å². The average molecular weight is 413 g/mol. The maximum absolute atomic E-state index is 5.93. The van der Waals surface area contributed by atoms with Crippen molar-refractivity contribution in [3.05, 3.63) is 115 Å². The smallest absolute Gasteiger partial charge is 0.223 e. The first kappa shape index (κ1) is 18.6. The van der Waals surface area contributed by atoms with Crippen molar-refractivity contribution in [3.63, 3.8) is 0 Å². The molecule has 0 atom stereocenters. The molecule has 6 aromatic rings. The molecule has 0 fully saturated rings. The molecule has 6 rings (SSSR count). The Morgan fingerprint density at radius 3 is 2.06 bits per heavy atom. The first-order chi connectivity index (χ1) is 15.9. The summed E-state index contributed by atoms with van der Waals surface area (Å²) in [5.41, 5.74) is 5.84. The van der Waals surface area contributed by atoms with Crippen LogP contribution in [0.1, 0.15) is 0 Å². The van der Waals surface area contributed by atoms with Crippen molar-refractivity contribution in [2.75, 3.05) is 7.11 Å². The van der Waals surface area contributed by atoms with E-state index >= 15 is 0 Å². The molecule has 0 unspecified atom stereocenters. The average Bonchev–Trinajstić information content (AvgIpc) is 2.87. The molecule has 0 amide bonds. The van der Waals surface area contributed by atoms with Gasteiger partial charge in [0.25, 0.3) is 0 Å². The van der Waals surface area contributed by atoms with Crippen molar-refractivity contribution >= 4 is 32.6 Å². The number of benzene rings is 5. The first-order valence-electron chi connectivity index (χ1n) is 10.8. The highest BCUT2D eigenvalue weighted by Gasteiger charge is 2.25. The fourth-order valence-corrected chi connectivity index (χ4v) is 4.85. The predicted octanol–water partition coefficient (Wildman–Crippen LogP) is 7.10. The number of hydrogen-bond acceptors (Lipinski definition) is 1. The van der Waals surface area contributed by atoms with Crippen molar-refractivity contribution in [2.45, 2.75) is 0 Å². The van der Waals surface area contributed by atoms with E-state index in [1.165, 1.54) is 32.8 Å². The summed E-state index contributed by atoms with van der Waals surface area (Å²) in [6.07, 6.45) is 0. The number of hydrogen-bond donors (Lipinski definition) is 0. The molecular weight excluding hydrogens is 390 g/mol. The second-order valence-corrected chi connectivity index (χ2v) is 7.94. The van der Waals surface area contributed by atoms with Crippen LogP contribution in [0.25, 0.3) is 49.4 Å². The van der Waals surface area contributed by atoms with Gasteiger partial charge >= 0.3 is 0 Å². The van der Waals surface area contributed by atoms with Gasteiger partial charge < -0.3 is 4.74 Å². The van der Waals surface area contributed by atoms with Crippen molar-refractivity contribution in [1.29, 1.82) is 0 Å². The van der Waals surface area contributed by atoms with Crippen LogP contribution < -0.4 is 9.30 Å². The maximum atomic E-state index is 5.93. The van der Waals surface area contributed by atoms with Crippen LogP contribution in [0.5, 0.6) is 5.75 Å². The van der Waals surface area contributed by atoms with Gasteiger partial charge in [0.05, 0.1) is 17.9 Å². The van der Waals surface area contributed by atoms with E-state index in [0.717, 1.165) is 22.3 Å². The second kappa shape index (κ2) is 7.51. The molecule has 0 aliphatic rings. The number of aromatic nitrogens is 1. The van der Waals surface area contributed by atoms with Crippen molar-refractivity contribution in [3.8, 4) is 22.6 Å². The number of nitrogens with zero attached hydrogens (tertiary/aromatic N) is 1. The zero-order valence-electron chi connectivity index (χ0n) is 17.8. The molecule has 2 nitrogen and oxygen atoms in total. The van der Waals surface area contributed by atoms with Gasteiger partial charge in [0, 0.05) is 29.8 Å². The van der Waals surface area contributed by atoms with Gasteiger partial charge in [0.1, 0.15) is 5.75 Å². The highest BCUT2D eigenvalue weighted by atomic mass is 16.5. The summed E-state index contributed by atoms with van der Waals surface area (Å²) in [6.45, 7) is 0. The van der Waals surface area contributed by atoms with Crippen LogP contribution in [0.3, 0.4) is 0 Å². The van der Waals surface area contributed by atoms with Crippen molar-refractivity contribution in [2.24, 2.45) is 0 Å². The summed E-state index contributed by atoms with van der Waals surface area (Å²) >= 11 is 0. The molecule has 0 aliphatic heterocycles. The summed E-state index contributed by atoms with van der Waals surface area (Å²) in [6, 6.07) is 40.6. The predicted molar refractivity (Wildman–Crippen MR) is 132 cm³/mol. The normalized spacial score (nSPS) is 11.3. The van der Waals surface area contributed by atoms with Crippen LogP contribution in [-0.4, -0.2) is 7.11 Å². The molecule has 32 heavy (non-hydrogen) atoms. The quantitative estimate of drug-likeness (QED) is 0.223. The Kier molecular flexibility index (Phi) is 4.36. The minimum Gasteiger partial charge on any atom is -0.496 e. The Hall–Kier alpha value is -4.17. The van der Waals surface area contributed by atoms with Gasteiger partial charge in [-0.05, 0) is 28.5 Å². The highest BCUT2D eigenvalue weighted by molar-refractivity contribution is 6.14. The minimum atomic E-state index is 0.876. The highest BCUT2D eigenvalue weighted by Crippen LogP contribution is 2.41. The summed E-state index contributed by atoms with van der Waals surface area (Å²) in [4.78, 5) is 0. The molecule has 0 N–H and O–H groups in total. The van der Waals surface area contributed by atoms with Gasteiger partial charge in [-0.15, -0.1) is 0 Å². The Morgan fingerprint density at radius 2 is 1.22 bits per heavy atom. The van der Waals surface area contributed by atoms with Gasteiger partial charge in [-0.25, -0.2) is 0 Å². The SMILES string of the molecule is COc1cccc2c1c(-c1cccc3ccccc13)c1ccccc1[n+]2-c1ccccc1. The molecule has 2 heteroatoms. The Bertz CT molecular complexity index is 1600. The van der Waals surface area contributed by atoms with Crippen LogP contribution in [-0.2, 0) is 0 Å². The third kappa shape index (κ3) is 2.77. The van der Waals surface area contributed by atoms with Crippen molar-refractivity contribution < 1.29 is 9.30 Å².